The minimum atomic E-state index is -4.87. The van der Waals surface area contributed by atoms with Crippen LogP contribution in [0.2, 0.25) is 0 Å². The Kier molecular flexibility index (Phi) is 3.36. The van der Waals surface area contributed by atoms with Crippen LogP contribution in [0.5, 0.6) is 11.6 Å². The molecule has 0 aliphatic rings. The summed E-state index contributed by atoms with van der Waals surface area (Å²) in [7, 11) is 1.26. The van der Waals surface area contributed by atoms with E-state index in [1.807, 2.05) is 0 Å². The standard InChI is InChI=1S/C9H8F3NO3/c1-5-7(16-9(10,11)12)6(4-14)3-13-8(5)15-2/h3-4H,1-2H3. The third kappa shape index (κ3) is 2.62. The molecule has 0 unspecified atom stereocenters. The number of ether oxygens (including phenoxy) is 2. The molecule has 1 rings (SSSR count). The van der Waals surface area contributed by atoms with Gasteiger partial charge in [0, 0.05) is 6.20 Å². The van der Waals surface area contributed by atoms with Crippen LogP contribution in [-0.4, -0.2) is 24.7 Å². The lowest BCUT2D eigenvalue weighted by Crippen LogP contribution is -2.19. The van der Waals surface area contributed by atoms with Gasteiger partial charge in [-0.25, -0.2) is 4.98 Å². The van der Waals surface area contributed by atoms with Gasteiger partial charge in [0.15, 0.2) is 6.29 Å². The molecule has 0 bridgehead atoms. The summed E-state index contributed by atoms with van der Waals surface area (Å²) < 4.78 is 44.7. The number of carbonyl (C=O) groups is 1. The molecule has 0 atom stereocenters. The molecule has 16 heavy (non-hydrogen) atoms. The van der Waals surface area contributed by atoms with Crippen LogP contribution < -0.4 is 9.47 Å². The number of nitrogens with zero attached hydrogens (tertiary/aromatic N) is 1. The maximum atomic E-state index is 12.1. The molecule has 4 nitrogen and oxygen atoms in total. The van der Waals surface area contributed by atoms with Gasteiger partial charge in [-0.2, -0.15) is 0 Å². The maximum absolute atomic E-state index is 12.1. The third-order valence-corrected chi connectivity index (χ3v) is 1.78. The number of halogens is 3. The van der Waals surface area contributed by atoms with E-state index in [0.717, 1.165) is 6.20 Å². The summed E-state index contributed by atoms with van der Waals surface area (Å²) in [4.78, 5) is 14.2. The van der Waals surface area contributed by atoms with Crippen LogP contribution in [-0.2, 0) is 0 Å². The smallest absolute Gasteiger partial charge is 0.481 e. The number of aldehydes is 1. The zero-order valence-corrected chi connectivity index (χ0v) is 8.46. The van der Waals surface area contributed by atoms with Crippen molar-refractivity contribution < 1.29 is 27.4 Å². The minimum absolute atomic E-state index is 0.0180. The highest BCUT2D eigenvalue weighted by Crippen LogP contribution is 2.32. The zero-order chi connectivity index (χ0) is 12.3. The van der Waals surface area contributed by atoms with Crippen molar-refractivity contribution in [2.45, 2.75) is 13.3 Å². The van der Waals surface area contributed by atoms with E-state index < -0.39 is 12.1 Å². The molecule has 0 aliphatic carbocycles. The number of carbonyl (C=O) groups excluding carboxylic acids is 1. The van der Waals surface area contributed by atoms with Crippen molar-refractivity contribution in [1.82, 2.24) is 4.98 Å². The molecule has 0 saturated carbocycles. The number of alkyl halides is 3. The second-order valence-corrected chi connectivity index (χ2v) is 2.84. The lowest BCUT2D eigenvalue weighted by Gasteiger charge is -2.14. The van der Waals surface area contributed by atoms with Crippen LogP contribution in [0.3, 0.4) is 0 Å². The van der Waals surface area contributed by atoms with E-state index in [0.29, 0.717) is 0 Å². The first-order valence-corrected chi connectivity index (χ1v) is 4.13. The predicted octanol–water partition coefficient (Wildman–Crippen LogP) is 2.11. The largest absolute Gasteiger partial charge is 0.573 e. The molecule has 1 heterocycles. The van der Waals surface area contributed by atoms with Gasteiger partial charge in [-0.05, 0) is 6.92 Å². The summed E-state index contributed by atoms with van der Waals surface area (Å²) in [5, 5.41) is 0. The average Bonchev–Trinajstić information content (AvgIpc) is 2.19. The Morgan fingerprint density at radius 3 is 2.50 bits per heavy atom. The van der Waals surface area contributed by atoms with E-state index in [9.17, 15) is 18.0 Å². The molecule has 0 fully saturated rings. The van der Waals surface area contributed by atoms with Crippen molar-refractivity contribution in [2.24, 2.45) is 0 Å². The number of methoxy groups -OCH3 is 1. The topological polar surface area (TPSA) is 48.4 Å². The van der Waals surface area contributed by atoms with E-state index in [1.54, 1.807) is 0 Å². The Bertz CT molecular complexity index is 404. The normalized spacial score (nSPS) is 11.1. The molecule has 7 heteroatoms. The molecule has 0 saturated heterocycles. The van der Waals surface area contributed by atoms with E-state index in [-0.39, 0.29) is 23.3 Å². The van der Waals surface area contributed by atoms with Gasteiger partial charge in [-0.1, -0.05) is 0 Å². The van der Waals surface area contributed by atoms with Crippen molar-refractivity contribution in [2.75, 3.05) is 7.11 Å². The Labute approximate surface area is 89.0 Å². The summed E-state index contributed by atoms with van der Waals surface area (Å²) in [6.07, 6.45) is -3.67. The van der Waals surface area contributed by atoms with Crippen LogP contribution in [0.4, 0.5) is 13.2 Å². The van der Waals surface area contributed by atoms with Gasteiger partial charge in [0.1, 0.15) is 5.75 Å². The van der Waals surface area contributed by atoms with Gasteiger partial charge in [0.2, 0.25) is 5.88 Å². The minimum Gasteiger partial charge on any atom is -0.481 e. The Hall–Kier alpha value is -1.79. The second-order valence-electron chi connectivity index (χ2n) is 2.84. The first kappa shape index (κ1) is 12.3. The highest BCUT2D eigenvalue weighted by atomic mass is 19.4. The molecule has 1 aromatic heterocycles. The van der Waals surface area contributed by atoms with E-state index in [1.165, 1.54) is 14.0 Å². The third-order valence-electron chi connectivity index (χ3n) is 1.78. The van der Waals surface area contributed by atoms with Crippen LogP contribution in [0.15, 0.2) is 6.20 Å². The van der Waals surface area contributed by atoms with Crippen LogP contribution in [0, 0.1) is 6.92 Å². The van der Waals surface area contributed by atoms with Gasteiger partial charge >= 0.3 is 6.36 Å². The monoisotopic (exact) mass is 235 g/mol. The maximum Gasteiger partial charge on any atom is 0.573 e. The summed E-state index contributed by atoms with van der Waals surface area (Å²) in [6, 6.07) is 0. The van der Waals surface area contributed by atoms with Crippen molar-refractivity contribution in [1.29, 1.82) is 0 Å². The number of hydrogen-bond donors (Lipinski definition) is 0. The summed E-state index contributed by atoms with van der Waals surface area (Å²) >= 11 is 0. The van der Waals surface area contributed by atoms with E-state index in [2.05, 4.69) is 9.72 Å². The molecule has 0 aliphatic heterocycles. The molecule has 0 spiro atoms. The highest BCUT2D eigenvalue weighted by Gasteiger charge is 2.33. The quantitative estimate of drug-likeness (QED) is 0.753. The van der Waals surface area contributed by atoms with Crippen LogP contribution in [0.25, 0.3) is 0 Å². The van der Waals surface area contributed by atoms with Crippen LogP contribution >= 0.6 is 0 Å². The molecular weight excluding hydrogens is 227 g/mol. The van der Waals surface area contributed by atoms with Gasteiger partial charge in [-0.3, -0.25) is 4.79 Å². The van der Waals surface area contributed by atoms with E-state index in [4.69, 9.17) is 4.74 Å². The Balaban J connectivity index is 3.26. The van der Waals surface area contributed by atoms with Crippen molar-refractivity contribution in [3.8, 4) is 11.6 Å². The highest BCUT2D eigenvalue weighted by molar-refractivity contribution is 5.80. The molecular formula is C9H8F3NO3. The molecule has 0 radical (unpaired) electrons. The van der Waals surface area contributed by atoms with Crippen molar-refractivity contribution in [3.05, 3.63) is 17.3 Å². The lowest BCUT2D eigenvalue weighted by atomic mass is 10.2. The van der Waals surface area contributed by atoms with E-state index >= 15 is 0 Å². The fraction of sp³-hybridized carbons (Fsp3) is 0.333. The first-order valence-electron chi connectivity index (χ1n) is 4.13. The summed E-state index contributed by atoms with van der Waals surface area (Å²) in [5.41, 5.74) is -0.264. The van der Waals surface area contributed by atoms with Crippen molar-refractivity contribution >= 4 is 6.29 Å². The van der Waals surface area contributed by atoms with Gasteiger partial charge in [0.05, 0.1) is 18.2 Å². The number of hydrogen-bond acceptors (Lipinski definition) is 4. The number of aromatic nitrogens is 1. The fourth-order valence-electron chi connectivity index (χ4n) is 1.14. The van der Waals surface area contributed by atoms with Crippen molar-refractivity contribution in [3.63, 3.8) is 0 Å². The summed E-state index contributed by atoms with van der Waals surface area (Å²) in [5.74, 6) is -0.612. The Morgan fingerprint density at radius 1 is 1.44 bits per heavy atom. The molecule has 88 valence electrons. The SMILES string of the molecule is COc1ncc(C=O)c(OC(F)(F)F)c1C. The predicted molar refractivity (Wildman–Crippen MR) is 47.6 cm³/mol. The molecule has 1 aromatic rings. The Morgan fingerprint density at radius 2 is 2.06 bits per heavy atom. The fourth-order valence-corrected chi connectivity index (χ4v) is 1.14. The number of pyridine rings is 1. The van der Waals surface area contributed by atoms with Gasteiger partial charge in [0.25, 0.3) is 0 Å². The zero-order valence-electron chi connectivity index (χ0n) is 8.46. The van der Waals surface area contributed by atoms with Gasteiger partial charge < -0.3 is 9.47 Å². The second kappa shape index (κ2) is 4.38. The molecule has 0 aromatic carbocycles. The number of rotatable bonds is 3. The summed E-state index contributed by atoms with van der Waals surface area (Å²) in [6.45, 7) is 1.32. The van der Waals surface area contributed by atoms with Gasteiger partial charge in [-0.15, -0.1) is 13.2 Å². The first-order chi connectivity index (χ1) is 7.39. The average molecular weight is 235 g/mol. The lowest BCUT2D eigenvalue weighted by molar-refractivity contribution is -0.274. The molecule has 0 amide bonds. The molecule has 0 N–H and O–H groups in total. The van der Waals surface area contributed by atoms with Crippen LogP contribution in [0.1, 0.15) is 15.9 Å².